The molecule has 2 fully saturated rings. The van der Waals surface area contributed by atoms with Gasteiger partial charge >= 0.3 is 0 Å². The Hall–Kier alpha value is -1.51. The highest BCUT2D eigenvalue weighted by Gasteiger charge is 2.31. The van der Waals surface area contributed by atoms with E-state index in [1.807, 2.05) is 7.05 Å². The fourth-order valence-electron chi connectivity index (χ4n) is 3.67. The van der Waals surface area contributed by atoms with Gasteiger partial charge in [-0.15, -0.1) is 0 Å². The lowest BCUT2D eigenvalue weighted by Crippen LogP contribution is -2.48. The lowest BCUT2D eigenvalue weighted by atomic mass is 9.79. The third-order valence-corrected chi connectivity index (χ3v) is 5.24. The number of hydrogen-bond acceptors (Lipinski definition) is 1. The van der Waals surface area contributed by atoms with Crippen molar-refractivity contribution in [3.8, 4) is 0 Å². The minimum Gasteiger partial charge on any atom is -0.356 e. The molecule has 0 radical (unpaired) electrons. The molecular formula is C19H29N3. The van der Waals surface area contributed by atoms with Gasteiger partial charge in [0, 0.05) is 26.7 Å². The monoisotopic (exact) mass is 299 g/mol. The predicted octanol–water partition coefficient (Wildman–Crippen LogP) is 3.49. The SMILES string of the molecule is CCC1CN(C(=NC)NCC2CC2)CCC1c1ccccc1. The van der Waals surface area contributed by atoms with Crippen molar-refractivity contribution in [3.63, 3.8) is 0 Å². The van der Waals surface area contributed by atoms with Crippen LogP contribution < -0.4 is 5.32 Å². The number of likely N-dealkylation sites (tertiary alicyclic amines) is 1. The van der Waals surface area contributed by atoms with E-state index in [2.05, 4.69) is 52.5 Å². The Morgan fingerprint density at radius 1 is 1.23 bits per heavy atom. The van der Waals surface area contributed by atoms with Crippen LogP contribution in [0.2, 0.25) is 0 Å². The van der Waals surface area contributed by atoms with Gasteiger partial charge in [-0.1, -0.05) is 43.7 Å². The molecule has 120 valence electrons. The highest BCUT2D eigenvalue weighted by atomic mass is 15.3. The Kier molecular flexibility index (Phi) is 5.01. The van der Waals surface area contributed by atoms with Crippen molar-refractivity contribution < 1.29 is 0 Å². The van der Waals surface area contributed by atoms with Gasteiger partial charge in [0.2, 0.25) is 0 Å². The number of nitrogens with zero attached hydrogens (tertiary/aromatic N) is 2. The second-order valence-corrected chi connectivity index (χ2v) is 6.79. The standard InChI is InChI=1S/C19H29N3/c1-3-16-14-22(19(20-2)21-13-15-9-10-15)12-11-18(16)17-7-5-4-6-8-17/h4-8,15-16,18H,3,9-14H2,1-2H3,(H,20,21). The third-order valence-electron chi connectivity index (χ3n) is 5.24. The van der Waals surface area contributed by atoms with Crippen molar-refractivity contribution in [1.29, 1.82) is 0 Å². The number of aliphatic imine (C=N–C) groups is 1. The smallest absolute Gasteiger partial charge is 0.193 e. The number of piperidine rings is 1. The van der Waals surface area contributed by atoms with E-state index in [-0.39, 0.29) is 0 Å². The maximum absolute atomic E-state index is 4.51. The van der Waals surface area contributed by atoms with Crippen molar-refractivity contribution >= 4 is 5.96 Å². The molecule has 2 unspecified atom stereocenters. The summed E-state index contributed by atoms with van der Waals surface area (Å²) in [7, 11) is 1.92. The summed E-state index contributed by atoms with van der Waals surface area (Å²) in [5.41, 5.74) is 1.51. The van der Waals surface area contributed by atoms with Gasteiger partial charge < -0.3 is 10.2 Å². The van der Waals surface area contributed by atoms with Crippen molar-refractivity contribution in [2.24, 2.45) is 16.8 Å². The molecule has 3 rings (SSSR count). The number of nitrogens with one attached hydrogen (secondary N) is 1. The molecule has 1 aliphatic heterocycles. The first-order chi connectivity index (χ1) is 10.8. The van der Waals surface area contributed by atoms with Crippen LogP contribution in [0.25, 0.3) is 0 Å². The number of benzene rings is 1. The van der Waals surface area contributed by atoms with Crippen molar-refractivity contribution in [2.75, 3.05) is 26.7 Å². The first-order valence-corrected chi connectivity index (χ1v) is 8.82. The van der Waals surface area contributed by atoms with Crippen LogP contribution >= 0.6 is 0 Å². The molecule has 1 aromatic carbocycles. The fourth-order valence-corrected chi connectivity index (χ4v) is 3.67. The molecule has 0 spiro atoms. The van der Waals surface area contributed by atoms with Crippen molar-refractivity contribution in [1.82, 2.24) is 10.2 Å². The normalized spacial score (nSPS) is 26.1. The van der Waals surface area contributed by atoms with Crippen LogP contribution in [0.1, 0.15) is 44.1 Å². The summed E-state index contributed by atoms with van der Waals surface area (Å²) < 4.78 is 0. The van der Waals surface area contributed by atoms with Crippen LogP contribution in [-0.4, -0.2) is 37.5 Å². The first kappa shape index (κ1) is 15.4. The van der Waals surface area contributed by atoms with Gasteiger partial charge in [-0.3, -0.25) is 4.99 Å². The maximum Gasteiger partial charge on any atom is 0.193 e. The van der Waals surface area contributed by atoms with E-state index in [1.165, 1.54) is 31.2 Å². The summed E-state index contributed by atoms with van der Waals surface area (Å²) in [4.78, 5) is 6.98. The van der Waals surface area contributed by atoms with Crippen LogP contribution in [0.15, 0.2) is 35.3 Å². The molecule has 1 N–H and O–H groups in total. The Bertz CT molecular complexity index is 493. The lowest BCUT2D eigenvalue weighted by molar-refractivity contribution is 0.215. The molecule has 0 aromatic heterocycles. The quantitative estimate of drug-likeness (QED) is 0.681. The average molecular weight is 299 g/mol. The Morgan fingerprint density at radius 3 is 2.64 bits per heavy atom. The second kappa shape index (κ2) is 7.17. The van der Waals surface area contributed by atoms with Gasteiger partial charge in [-0.2, -0.15) is 0 Å². The van der Waals surface area contributed by atoms with E-state index >= 15 is 0 Å². The molecule has 0 amide bonds. The highest BCUT2D eigenvalue weighted by molar-refractivity contribution is 5.80. The summed E-state index contributed by atoms with van der Waals surface area (Å²) >= 11 is 0. The van der Waals surface area contributed by atoms with Gasteiger partial charge in [-0.05, 0) is 42.6 Å². The summed E-state index contributed by atoms with van der Waals surface area (Å²) in [5, 5.41) is 3.58. The third kappa shape index (κ3) is 3.63. The second-order valence-electron chi connectivity index (χ2n) is 6.79. The summed E-state index contributed by atoms with van der Waals surface area (Å²) in [5.74, 6) is 3.41. The predicted molar refractivity (Wildman–Crippen MR) is 93.2 cm³/mol. The molecule has 3 nitrogen and oxygen atoms in total. The summed E-state index contributed by atoms with van der Waals surface area (Å²) in [6.45, 7) is 5.66. The summed E-state index contributed by atoms with van der Waals surface area (Å²) in [6, 6.07) is 11.0. The Labute approximate surface area is 134 Å². The number of guanidine groups is 1. The zero-order chi connectivity index (χ0) is 15.4. The molecule has 1 saturated heterocycles. The van der Waals surface area contributed by atoms with E-state index in [9.17, 15) is 0 Å². The zero-order valence-corrected chi connectivity index (χ0v) is 14.0. The molecule has 1 aromatic rings. The van der Waals surface area contributed by atoms with Crippen molar-refractivity contribution in [2.45, 2.75) is 38.5 Å². The highest BCUT2D eigenvalue weighted by Crippen LogP contribution is 2.35. The van der Waals surface area contributed by atoms with Gasteiger partial charge in [-0.25, -0.2) is 0 Å². The molecular weight excluding hydrogens is 270 g/mol. The molecule has 2 aliphatic rings. The van der Waals surface area contributed by atoms with Crippen molar-refractivity contribution in [3.05, 3.63) is 35.9 Å². The number of rotatable bonds is 4. The van der Waals surface area contributed by atoms with E-state index < -0.39 is 0 Å². The molecule has 1 saturated carbocycles. The molecule has 0 bridgehead atoms. The number of hydrogen-bond donors (Lipinski definition) is 1. The van der Waals surface area contributed by atoms with Gasteiger partial charge in [0.05, 0.1) is 0 Å². The van der Waals surface area contributed by atoms with E-state index in [1.54, 1.807) is 0 Å². The Morgan fingerprint density at radius 2 is 2.00 bits per heavy atom. The van der Waals surface area contributed by atoms with Gasteiger partial charge in [0.15, 0.2) is 5.96 Å². The van der Waals surface area contributed by atoms with Crippen LogP contribution in [0.3, 0.4) is 0 Å². The van der Waals surface area contributed by atoms with E-state index in [0.29, 0.717) is 5.92 Å². The average Bonchev–Trinajstić information content (AvgIpc) is 3.40. The molecule has 1 aliphatic carbocycles. The molecule has 2 atom stereocenters. The topological polar surface area (TPSA) is 27.6 Å². The zero-order valence-electron chi connectivity index (χ0n) is 14.0. The van der Waals surface area contributed by atoms with E-state index in [0.717, 1.165) is 37.4 Å². The minimum absolute atomic E-state index is 0.698. The maximum atomic E-state index is 4.51. The fraction of sp³-hybridized carbons (Fsp3) is 0.632. The van der Waals surface area contributed by atoms with Crippen LogP contribution in [0, 0.1) is 11.8 Å². The lowest BCUT2D eigenvalue weighted by Gasteiger charge is -2.40. The molecule has 3 heteroatoms. The van der Waals surface area contributed by atoms with Crippen LogP contribution in [-0.2, 0) is 0 Å². The van der Waals surface area contributed by atoms with Gasteiger partial charge in [0.25, 0.3) is 0 Å². The van der Waals surface area contributed by atoms with E-state index in [4.69, 9.17) is 0 Å². The first-order valence-electron chi connectivity index (χ1n) is 8.82. The molecule has 1 heterocycles. The van der Waals surface area contributed by atoms with Crippen LogP contribution in [0.5, 0.6) is 0 Å². The summed E-state index contributed by atoms with van der Waals surface area (Å²) in [6.07, 6.45) is 5.23. The minimum atomic E-state index is 0.698. The Balaban J connectivity index is 1.63. The largest absolute Gasteiger partial charge is 0.356 e. The van der Waals surface area contributed by atoms with Gasteiger partial charge in [0.1, 0.15) is 0 Å². The van der Waals surface area contributed by atoms with Crippen LogP contribution in [0.4, 0.5) is 0 Å². The molecule has 22 heavy (non-hydrogen) atoms.